The number of amides is 1. The Kier molecular flexibility index (Phi) is 3.54. The van der Waals surface area contributed by atoms with Gasteiger partial charge in [-0.25, -0.2) is 4.98 Å². The summed E-state index contributed by atoms with van der Waals surface area (Å²) in [6.45, 7) is 4.49. The van der Waals surface area contributed by atoms with Gasteiger partial charge in [0.15, 0.2) is 0 Å². The van der Waals surface area contributed by atoms with E-state index in [1.54, 1.807) is 6.20 Å². The van der Waals surface area contributed by atoms with Crippen molar-refractivity contribution in [3.8, 4) is 0 Å². The summed E-state index contributed by atoms with van der Waals surface area (Å²) < 4.78 is 0. The fourth-order valence-electron chi connectivity index (χ4n) is 1.54. The van der Waals surface area contributed by atoms with Crippen molar-refractivity contribution < 1.29 is 4.79 Å². The Morgan fingerprint density at radius 2 is 2.12 bits per heavy atom. The summed E-state index contributed by atoms with van der Waals surface area (Å²) in [4.78, 5) is 16.5. The van der Waals surface area contributed by atoms with Gasteiger partial charge in [0, 0.05) is 6.54 Å². The smallest absolute Gasteiger partial charge is 0.263 e. The Labute approximate surface area is 105 Å². The van der Waals surface area contributed by atoms with Gasteiger partial charge in [-0.15, -0.1) is 11.3 Å². The minimum atomic E-state index is -0.0566. The third kappa shape index (κ3) is 2.91. The molecular weight excluding hydrogens is 232 g/mol. The average Bonchev–Trinajstić information content (AvgIpc) is 2.74. The zero-order chi connectivity index (χ0) is 12.3. The van der Waals surface area contributed by atoms with E-state index in [0.29, 0.717) is 11.4 Å². The highest BCUT2D eigenvalue weighted by molar-refractivity contribution is 7.13. The molecule has 0 spiro atoms. The lowest BCUT2D eigenvalue weighted by atomic mass is 10.1. The normalized spacial score (nSPS) is 10.2. The number of carbonyl (C=O) groups excluding carboxylic acids is 1. The Bertz CT molecular complexity index is 534. The lowest BCUT2D eigenvalue weighted by molar-refractivity contribution is 0.0954. The van der Waals surface area contributed by atoms with Crippen molar-refractivity contribution in [1.29, 1.82) is 0 Å². The first kappa shape index (κ1) is 11.8. The number of aryl methyl sites for hydroxylation is 2. The molecule has 88 valence electrons. The van der Waals surface area contributed by atoms with Crippen LogP contribution in [0.2, 0.25) is 0 Å². The number of carbonyl (C=O) groups is 1. The van der Waals surface area contributed by atoms with Gasteiger partial charge in [0.1, 0.15) is 4.88 Å². The molecule has 0 unspecified atom stereocenters. The quantitative estimate of drug-likeness (QED) is 0.904. The number of aromatic nitrogens is 1. The van der Waals surface area contributed by atoms with Crippen LogP contribution in [0.3, 0.4) is 0 Å². The minimum Gasteiger partial charge on any atom is -0.347 e. The van der Waals surface area contributed by atoms with Gasteiger partial charge >= 0.3 is 0 Å². The molecule has 1 amide bonds. The maximum Gasteiger partial charge on any atom is 0.263 e. The van der Waals surface area contributed by atoms with Crippen molar-refractivity contribution in [3.63, 3.8) is 0 Å². The molecule has 0 fully saturated rings. The van der Waals surface area contributed by atoms with Crippen LogP contribution in [0.25, 0.3) is 0 Å². The van der Waals surface area contributed by atoms with E-state index >= 15 is 0 Å². The lowest BCUT2D eigenvalue weighted by Gasteiger charge is -2.06. The predicted molar refractivity (Wildman–Crippen MR) is 69.2 cm³/mol. The molecular formula is C13H14N2OS. The summed E-state index contributed by atoms with van der Waals surface area (Å²) in [5, 5.41) is 3.81. The number of thiazole rings is 1. The highest BCUT2D eigenvalue weighted by Crippen LogP contribution is 2.12. The summed E-state index contributed by atoms with van der Waals surface area (Å²) in [7, 11) is 0. The van der Waals surface area contributed by atoms with Crippen LogP contribution in [0, 0.1) is 13.8 Å². The van der Waals surface area contributed by atoms with Gasteiger partial charge in [0.25, 0.3) is 5.91 Å². The lowest BCUT2D eigenvalue weighted by Crippen LogP contribution is -2.22. The van der Waals surface area contributed by atoms with Crippen molar-refractivity contribution in [3.05, 3.63) is 51.5 Å². The fourth-order valence-corrected chi connectivity index (χ4v) is 2.23. The van der Waals surface area contributed by atoms with Crippen LogP contribution >= 0.6 is 11.3 Å². The largest absolute Gasteiger partial charge is 0.347 e. The maximum absolute atomic E-state index is 11.8. The molecule has 0 atom stereocenters. The number of nitrogens with zero attached hydrogens (tertiary/aromatic N) is 1. The fraction of sp³-hybridized carbons (Fsp3) is 0.231. The first-order valence-electron chi connectivity index (χ1n) is 5.42. The van der Waals surface area contributed by atoms with Crippen molar-refractivity contribution in [2.75, 3.05) is 0 Å². The second kappa shape index (κ2) is 5.10. The third-order valence-corrected chi connectivity index (χ3v) is 3.46. The molecule has 17 heavy (non-hydrogen) atoms. The molecule has 2 aromatic rings. The third-order valence-electron chi connectivity index (χ3n) is 2.55. The number of rotatable bonds is 3. The summed E-state index contributed by atoms with van der Waals surface area (Å²) in [5.41, 5.74) is 2.33. The Morgan fingerprint density at radius 1 is 1.35 bits per heavy atom. The summed E-state index contributed by atoms with van der Waals surface area (Å²) in [5.74, 6) is -0.0566. The first-order valence-corrected chi connectivity index (χ1v) is 6.23. The van der Waals surface area contributed by atoms with E-state index < -0.39 is 0 Å². The number of benzene rings is 1. The standard InChI is InChI=1S/C13H14N2OS/c1-9-5-3-4-6-11(9)7-15-13(16)12-8-14-10(2)17-12/h3-6,8H,7H2,1-2H3,(H,15,16). The number of hydrogen-bond donors (Lipinski definition) is 1. The highest BCUT2D eigenvalue weighted by atomic mass is 32.1. The topological polar surface area (TPSA) is 42.0 Å². The molecule has 0 aliphatic heterocycles. The van der Waals surface area contributed by atoms with E-state index in [0.717, 1.165) is 10.6 Å². The molecule has 2 rings (SSSR count). The molecule has 1 N–H and O–H groups in total. The first-order chi connectivity index (χ1) is 8.16. The molecule has 0 radical (unpaired) electrons. The van der Waals surface area contributed by atoms with Crippen LogP contribution in [0.15, 0.2) is 30.5 Å². The molecule has 0 aliphatic rings. The van der Waals surface area contributed by atoms with Crippen LogP contribution in [0.5, 0.6) is 0 Å². The van der Waals surface area contributed by atoms with Crippen molar-refractivity contribution in [2.45, 2.75) is 20.4 Å². The van der Waals surface area contributed by atoms with E-state index in [9.17, 15) is 4.79 Å². The summed E-state index contributed by atoms with van der Waals surface area (Å²) in [6.07, 6.45) is 1.62. The van der Waals surface area contributed by atoms with Crippen LogP contribution in [0.1, 0.15) is 25.8 Å². The minimum absolute atomic E-state index is 0.0566. The zero-order valence-corrected chi connectivity index (χ0v) is 10.7. The van der Waals surface area contributed by atoms with Crippen LogP contribution < -0.4 is 5.32 Å². The van der Waals surface area contributed by atoms with E-state index in [2.05, 4.69) is 10.3 Å². The Morgan fingerprint density at radius 3 is 2.76 bits per heavy atom. The van der Waals surface area contributed by atoms with Gasteiger partial charge in [-0.3, -0.25) is 4.79 Å². The zero-order valence-electron chi connectivity index (χ0n) is 9.86. The summed E-state index contributed by atoms with van der Waals surface area (Å²) >= 11 is 1.41. The van der Waals surface area contributed by atoms with Crippen molar-refractivity contribution >= 4 is 17.2 Å². The summed E-state index contributed by atoms with van der Waals surface area (Å²) in [6, 6.07) is 8.03. The van der Waals surface area contributed by atoms with Gasteiger partial charge in [-0.05, 0) is 25.0 Å². The Hall–Kier alpha value is -1.68. The van der Waals surface area contributed by atoms with E-state index in [1.165, 1.54) is 16.9 Å². The molecule has 0 aliphatic carbocycles. The molecule has 1 aromatic carbocycles. The van der Waals surface area contributed by atoms with E-state index in [-0.39, 0.29) is 5.91 Å². The SMILES string of the molecule is Cc1ncc(C(=O)NCc2ccccc2C)s1. The van der Waals surface area contributed by atoms with Crippen LogP contribution in [0.4, 0.5) is 0 Å². The van der Waals surface area contributed by atoms with Gasteiger partial charge in [0.2, 0.25) is 0 Å². The van der Waals surface area contributed by atoms with Crippen LogP contribution in [-0.4, -0.2) is 10.9 Å². The van der Waals surface area contributed by atoms with Crippen molar-refractivity contribution in [2.24, 2.45) is 0 Å². The number of nitrogens with one attached hydrogen (secondary N) is 1. The second-order valence-electron chi connectivity index (χ2n) is 3.85. The van der Waals surface area contributed by atoms with E-state index in [1.807, 2.05) is 38.1 Å². The van der Waals surface area contributed by atoms with Gasteiger partial charge < -0.3 is 5.32 Å². The molecule has 1 aromatic heterocycles. The second-order valence-corrected chi connectivity index (χ2v) is 5.09. The average molecular weight is 246 g/mol. The molecule has 1 heterocycles. The van der Waals surface area contributed by atoms with Crippen LogP contribution in [-0.2, 0) is 6.54 Å². The Balaban J connectivity index is 1.99. The molecule has 0 bridgehead atoms. The molecule has 4 heteroatoms. The molecule has 3 nitrogen and oxygen atoms in total. The monoisotopic (exact) mass is 246 g/mol. The van der Waals surface area contributed by atoms with Gasteiger partial charge in [0.05, 0.1) is 11.2 Å². The highest BCUT2D eigenvalue weighted by Gasteiger charge is 2.08. The number of hydrogen-bond acceptors (Lipinski definition) is 3. The molecule has 0 saturated carbocycles. The molecule has 0 saturated heterocycles. The van der Waals surface area contributed by atoms with Gasteiger partial charge in [-0.1, -0.05) is 24.3 Å². The van der Waals surface area contributed by atoms with Crippen molar-refractivity contribution in [1.82, 2.24) is 10.3 Å². The maximum atomic E-state index is 11.8. The predicted octanol–water partition coefficient (Wildman–Crippen LogP) is 2.69. The van der Waals surface area contributed by atoms with Gasteiger partial charge in [-0.2, -0.15) is 0 Å². The van der Waals surface area contributed by atoms with E-state index in [4.69, 9.17) is 0 Å².